The molecule has 72 valence electrons. The summed E-state index contributed by atoms with van der Waals surface area (Å²) in [6, 6.07) is 0.205. The summed E-state index contributed by atoms with van der Waals surface area (Å²) >= 11 is 0. The van der Waals surface area contributed by atoms with E-state index in [0.29, 0.717) is 6.54 Å². The Kier molecular flexibility index (Phi) is 3.32. The first-order valence-corrected chi connectivity index (χ1v) is 4.56. The summed E-state index contributed by atoms with van der Waals surface area (Å²) in [5, 5.41) is 9.37. The Hall–Kier alpha value is -1.01. The molecule has 1 fully saturated rings. The van der Waals surface area contributed by atoms with Crippen molar-refractivity contribution in [1.29, 1.82) is 0 Å². The van der Waals surface area contributed by atoms with Gasteiger partial charge in [0.1, 0.15) is 0 Å². The first kappa shape index (κ1) is 10.1. The molecule has 0 aliphatic carbocycles. The van der Waals surface area contributed by atoms with Crippen LogP contribution >= 0.6 is 0 Å². The fourth-order valence-electron chi connectivity index (χ4n) is 1.55. The highest BCUT2D eigenvalue weighted by Gasteiger charge is 2.26. The zero-order chi connectivity index (χ0) is 9.84. The number of likely N-dealkylation sites (tertiary alicyclic amines) is 1. The lowest BCUT2D eigenvalue weighted by molar-refractivity contribution is -0.130. The van der Waals surface area contributed by atoms with Gasteiger partial charge >= 0.3 is 0 Å². The number of hydrogen-bond donors (Lipinski definition) is 1. The Labute approximate surface area is 78.7 Å². The lowest BCUT2D eigenvalue weighted by Gasteiger charge is -2.34. The fourth-order valence-corrected chi connectivity index (χ4v) is 1.55. The van der Waals surface area contributed by atoms with Crippen molar-refractivity contribution >= 4 is 5.91 Å². The molecular weight excluding hydrogens is 166 g/mol. The molecule has 1 aliphatic heterocycles. The van der Waals surface area contributed by atoms with Gasteiger partial charge in [0.2, 0.25) is 0 Å². The molecule has 1 rings (SSSR count). The van der Waals surface area contributed by atoms with Crippen LogP contribution in [0.5, 0.6) is 0 Å². The number of nitrogens with zero attached hydrogens (tertiary/aromatic N) is 1. The topological polar surface area (TPSA) is 40.5 Å². The van der Waals surface area contributed by atoms with Gasteiger partial charge in [0.05, 0.1) is 6.10 Å². The SMILES string of the molecule is CC#CC(=O)N1CC(O)CCC1C. The van der Waals surface area contributed by atoms with Crippen molar-refractivity contribution < 1.29 is 9.90 Å². The molecule has 1 N–H and O–H groups in total. The van der Waals surface area contributed by atoms with Crippen LogP contribution < -0.4 is 0 Å². The summed E-state index contributed by atoms with van der Waals surface area (Å²) in [6.07, 6.45) is 1.27. The molecule has 0 radical (unpaired) electrons. The molecule has 0 saturated carbocycles. The Balaban J connectivity index is 2.63. The van der Waals surface area contributed by atoms with E-state index in [-0.39, 0.29) is 18.1 Å². The van der Waals surface area contributed by atoms with Crippen LogP contribution in [-0.2, 0) is 4.79 Å². The number of rotatable bonds is 0. The van der Waals surface area contributed by atoms with Gasteiger partial charge < -0.3 is 10.0 Å². The Morgan fingerprint density at radius 3 is 2.85 bits per heavy atom. The number of aliphatic hydroxyl groups is 1. The van der Waals surface area contributed by atoms with Crippen molar-refractivity contribution in [3.8, 4) is 11.8 Å². The second-order valence-electron chi connectivity index (χ2n) is 3.41. The first-order valence-electron chi connectivity index (χ1n) is 4.56. The van der Waals surface area contributed by atoms with Gasteiger partial charge in [-0.2, -0.15) is 0 Å². The average molecular weight is 181 g/mol. The molecular formula is C10H15NO2. The average Bonchev–Trinajstić information content (AvgIpc) is 2.09. The van der Waals surface area contributed by atoms with E-state index in [9.17, 15) is 9.90 Å². The van der Waals surface area contributed by atoms with Crippen molar-refractivity contribution in [2.75, 3.05) is 6.54 Å². The molecule has 0 aromatic carbocycles. The molecule has 3 nitrogen and oxygen atoms in total. The molecule has 2 unspecified atom stereocenters. The van der Waals surface area contributed by atoms with E-state index < -0.39 is 0 Å². The minimum absolute atomic E-state index is 0.172. The number of aliphatic hydroxyl groups excluding tert-OH is 1. The Morgan fingerprint density at radius 1 is 1.54 bits per heavy atom. The van der Waals surface area contributed by atoms with Gasteiger partial charge in [-0.05, 0) is 32.6 Å². The van der Waals surface area contributed by atoms with Gasteiger partial charge in [0.25, 0.3) is 5.91 Å². The van der Waals surface area contributed by atoms with Gasteiger partial charge in [0.15, 0.2) is 0 Å². The molecule has 1 amide bonds. The lowest BCUT2D eigenvalue weighted by atomic mass is 10.0. The standard InChI is InChI=1S/C10H15NO2/c1-3-4-10(13)11-7-9(12)6-5-8(11)2/h8-9,12H,5-7H2,1-2H3. The van der Waals surface area contributed by atoms with E-state index in [1.807, 2.05) is 6.92 Å². The zero-order valence-electron chi connectivity index (χ0n) is 8.08. The monoisotopic (exact) mass is 181 g/mol. The molecule has 1 aliphatic rings. The fraction of sp³-hybridized carbons (Fsp3) is 0.700. The van der Waals surface area contributed by atoms with E-state index in [1.54, 1.807) is 11.8 Å². The van der Waals surface area contributed by atoms with Crippen LogP contribution in [0.4, 0.5) is 0 Å². The van der Waals surface area contributed by atoms with Crippen molar-refractivity contribution in [2.45, 2.75) is 38.8 Å². The number of carbonyl (C=O) groups excluding carboxylic acids is 1. The summed E-state index contributed by atoms with van der Waals surface area (Å²) in [4.78, 5) is 13.0. The van der Waals surface area contributed by atoms with Gasteiger partial charge in [-0.15, -0.1) is 0 Å². The summed E-state index contributed by atoms with van der Waals surface area (Å²) in [6.45, 7) is 4.05. The largest absolute Gasteiger partial charge is 0.391 e. The number of β-amino-alcohol motifs (C(OH)–C–C–N with tert-alkyl or cyclic N) is 1. The van der Waals surface area contributed by atoms with E-state index in [1.165, 1.54) is 0 Å². The summed E-state index contributed by atoms with van der Waals surface area (Å²) in [7, 11) is 0. The highest BCUT2D eigenvalue weighted by molar-refractivity contribution is 5.93. The first-order chi connectivity index (χ1) is 6.15. The van der Waals surface area contributed by atoms with Crippen LogP contribution in [0.15, 0.2) is 0 Å². The van der Waals surface area contributed by atoms with Gasteiger partial charge in [0, 0.05) is 12.6 Å². The number of hydrogen-bond acceptors (Lipinski definition) is 2. The van der Waals surface area contributed by atoms with Crippen molar-refractivity contribution in [3.05, 3.63) is 0 Å². The van der Waals surface area contributed by atoms with Crippen molar-refractivity contribution in [3.63, 3.8) is 0 Å². The minimum atomic E-state index is -0.376. The van der Waals surface area contributed by atoms with Gasteiger partial charge in [-0.25, -0.2) is 0 Å². The second kappa shape index (κ2) is 4.29. The Bertz CT molecular complexity index is 251. The molecule has 0 spiro atoms. The maximum absolute atomic E-state index is 11.4. The second-order valence-corrected chi connectivity index (χ2v) is 3.41. The maximum Gasteiger partial charge on any atom is 0.298 e. The molecule has 13 heavy (non-hydrogen) atoms. The summed E-state index contributed by atoms with van der Waals surface area (Å²) in [5.41, 5.74) is 0. The smallest absolute Gasteiger partial charge is 0.298 e. The molecule has 1 saturated heterocycles. The summed E-state index contributed by atoms with van der Waals surface area (Å²) in [5.74, 6) is 4.90. The van der Waals surface area contributed by atoms with E-state index in [2.05, 4.69) is 11.8 Å². The zero-order valence-corrected chi connectivity index (χ0v) is 8.08. The third-order valence-electron chi connectivity index (χ3n) is 2.35. The van der Waals surface area contributed by atoms with E-state index >= 15 is 0 Å². The number of amides is 1. The van der Waals surface area contributed by atoms with Crippen LogP contribution in [0.2, 0.25) is 0 Å². The molecule has 0 bridgehead atoms. The molecule has 0 aromatic heterocycles. The molecule has 1 heterocycles. The van der Waals surface area contributed by atoms with Gasteiger partial charge in [-0.3, -0.25) is 4.79 Å². The van der Waals surface area contributed by atoms with Crippen LogP contribution in [0.3, 0.4) is 0 Å². The van der Waals surface area contributed by atoms with Crippen LogP contribution in [0.25, 0.3) is 0 Å². The third kappa shape index (κ3) is 2.46. The molecule has 0 aromatic rings. The maximum atomic E-state index is 11.4. The lowest BCUT2D eigenvalue weighted by Crippen LogP contribution is -2.46. The highest BCUT2D eigenvalue weighted by Crippen LogP contribution is 2.16. The van der Waals surface area contributed by atoms with E-state index in [4.69, 9.17) is 0 Å². The van der Waals surface area contributed by atoms with E-state index in [0.717, 1.165) is 12.8 Å². The predicted molar refractivity (Wildman–Crippen MR) is 49.9 cm³/mol. The summed E-state index contributed by atoms with van der Waals surface area (Å²) < 4.78 is 0. The molecule has 3 heteroatoms. The number of carbonyl (C=O) groups is 1. The third-order valence-corrected chi connectivity index (χ3v) is 2.35. The van der Waals surface area contributed by atoms with Crippen molar-refractivity contribution in [2.24, 2.45) is 0 Å². The number of piperidine rings is 1. The highest BCUT2D eigenvalue weighted by atomic mass is 16.3. The quantitative estimate of drug-likeness (QED) is 0.549. The predicted octanol–water partition coefficient (Wildman–Crippen LogP) is 0.381. The van der Waals surface area contributed by atoms with Gasteiger partial charge in [-0.1, -0.05) is 5.92 Å². The van der Waals surface area contributed by atoms with Crippen molar-refractivity contribution in [1.82, 2.24) is 4.90 Å². The minimum Gasteiger partial charge on any atom is -0.391 e. The van der Waals surface area contributed by atoms with Crippen LogP contribution in [-0.4, -0.2) is 34.6 Å². The molecule has 2 atom stereocenters. The van der Waals surface area contributed by atoms with Crippen LogP contribution in [0, 0.1) is 11.8 Å². The normalized spacial score (nSPS) is 27.8. The van der Waals surface area contributed by atoms with Crippen LogP contribution in [0.1, 0.15) is 26.7 Å². The Morgan fingerprint density at radius 2 is 2.23 bits per heavy atom.